The molecule has 0 atom stereocenters. The molecule has 0 aromatic heterocycles. The Morgan fingerprint density at radius 2 is 1.33 bits per heavy atom. The van der Waals surface area contributed by atoms with Gasteiger partial charge < -0.3 is 5.73 Å². The first kappa shape index (κ1) is 17.5. The predicted molar refractivity (Wildman–Crippen MR) is 56.0 cm³/mol. The molecule has 76 valence electrons. The number of carbonyl (C=O) groups excluding carboxylic acids is 1. The van der Waals surface area contributed by atoms with E-state index in [0.29, 0.717) is 0 Å². The van der Waals surface area contributed by atoms with E-state index in [-0.39, 0.29) is 11.8 Å². The summed E-state index contributed by atoms with van der Waals surface area (Å²) in [6, 6.07) is 0. The number of amides is 1. The number of rotatable bonds is 3. The summed E-state index contributed by atoms with van der Waals surface area (Å²) in [6.45, 7) is 11.9. The van der Waals surface area contributed by atoms with E-state index in [1.165, 1.54) is 0 Å². The van der Waals surface area contributed by atoms with Crippen LogP contribution in [-0.4, -0.2) is 5.91 Å². The molecule has 2 heteroatoms. The third-order valence-corrected chi connectivity index (χ3v) is 1.39. The Labute approximate surface area is 77.5 Å². The number of hydrogen-bond acceptors (Lipinski definition) is 1. The molecule has 0 rings (SSSR count). The molecule has 0 bridgehead atoms. The van der Waals surface area contributed by atoms with E-state index in [2.05, 4.69) is 0 Å². The van der Waals surface area contributed by atoms with E-state index in [4.69, 9.17) is 5.73 Å². The molecule has 2 nitrogen and oxygen atoms in total. The van der Waals surface area contributed by atoms with Gasteiger partial charge in [0, 0.05) is 5.92 Å². The largest absolute Gasteiger partial charge is 0.369 e. The molecule has 0 heterocycles. The van der Waals surface area contributed by atoms with Crippen LogP contribution in [0.3, 0.4) is 0 Å². The van der Waals surface area contributed by atoms with Gasteiger partial charge in [0.25, 0.3) is 0 Å². The molecule has 0 saturated carbocycles. The van der Waals surface area contributed by atoms with Gasteiger partial charge in [0.15, 0.2) is 0 Å². The van der Waals surface area contributed by atoms with Crippen LogP contribution < -0.4 is 5.73 Å². The van der Waals surface area contributed by atoms with Crippen LogP contribution in [0.4, 0.5) is 0 Å². The molecule has 2 N–H and O–H groups in total. The molecule has 0 aromatic rings. The number of nitrogens with two attached hydrogens (primary N) is 1. The Morgan fingerprint density at radius 1 is 1.08 bits per heavy atom. The van der Waals surface area contributed by atoms with Gasteiger partial charge >= 0.3 is 0 Å². The van der Waals surface area contributed by atoms with Crippen molar-refractivity contribution >= 4 is 5.91 Å². The molecule has 0 radical (unpaired) electrons. The first-order valence-electron chi connectivity index (χ1n) is 5.01. The van der Waals surface area contributed by atoms with E-state index in [0.717, 1.165) is 12.8 Å². The van der Waals surface area contributed by atoms with Crippen molar-refractivity contribution in [3.8, 4) is 0 Å². The molecule has 0 fully saturated rings. The molecule has 0 aromatic carbocycles. The third kappa shape index (κ3) is 12.2. The van der Waals surface area contributed by atoms with Crippen molar-refractivity contribution in [2.75, 3.05) is 0 Å². The summed E-state index contributed by atoms with van der Waals surface area (Å²) in [5.74, 6) is -0.0787. The first-order valence-corrected chi connectivity index (χ1v) is 5.01. The monoisotopic (exact) mass is 175 g/mol. The third-order valence-electron chi connectivity index (χ3n) is 1.39. The van der Waals surface area contributed by atoms with Crippen molar-refractivity contribution in [3.05, 3.63) is 0 Å². The molecule has 0 unspecified atom stereocenters. The lowest BCUT2D eigenvalue weighted by atomic mass is 10.0. The molecule has 0 aliphatic carbocycles. The summed E-state index contributed by atoms with van der Waals surface area (Å²) in [5.41, 5.74) is 5.02. The van der Waals surface area contributed by atoms with Crippen LogP contribution >= 0.6 is 0 Å². The fourth-order valence-electron chi connectivity index (χ4n) is 0.691. The zero-order valence-electron chi connectivity index (χ0n) is 9.48. The van der Waals surface area contributed by atoms with Crippen LogP contribution in [-0.2, 0) is 4.79 Å². The maximum atomic E-state index is 10.4. The maximum Gasteiger partial charge on any atom is 0.220 e. The lowest BCUT2D eigenvalue weighted by molar-refractivity contribution is -0.121. The van der Waals surface area contributed by atoms with Gasteiger partial charge in [-0.1, -0.05) is 41.5 Å². The molecule has 12 heavy (non-hydrogen) atoms. The van der Waals surface area contributed by atoms with Crippen molar-refractivity contribution in [3.63, 3.8) is 0 Å². The van der Waals surface area contributed by atoms with E-state index in [1.54, 1.807) is 0 Å². The molecule has 0 spiro atoms. The van der Waals surface area contributed by atoms with Crippen LogP contribution in [0.2, 0.25) is 0 Å². The highest BCUT2D eigenvalue weighted by Gasteiger charge is 2.07. The average molecular weight is 175 g/mol. The van der Waals surface area contributed by atoms with Crippen LogP contribution in [0.25, 0.3) is 0 Å². The van der Waals surface area contributed by atoms with Gasteiger partial charge in [-0.25, -0.2) is 0 Å². The summed E-state index contributed by atoms with van der Waals surface area (Å²) in [7, 11) is 0. The summed E-state index contributed by atoms with van der Waals surface area (Å²) in [6.07, 6.45) is 1.73. The van der Waals surface area contributed by atoms with Crippen molar-refractivity contribution in [2.45, 2.75) is 54.4 Å². The topological polar surface area (TPSA) is 43.1 Å². The van der Waals surface area contributed by atoms with E-state index in [9.17, 15) is 4.79 Å². The first-order chi connectivity index (χ1) is 5.72. The second-order valence-corrected chi connectivity index (χ2v) is 1.92. The second-order valence-electron chi connectivity index (χ2n) is 1.92. The van der Waals surface area contributed by atoms with Crippen LogP contribution in [0, 0.1) is 5.92 Å². The summed E-state index contributed by atoms with van der Waals surface area (Å²) < 4.78 is 0. The SMILES string of the molecule is CC.CC.CCC(CC)C(N)=O. The number of carbonyl (C=O) groups is 1. The Bertz CT molecular complexity index is 77.9. The smallest absolute Gasteiger partial charge is 0.220 e. The Balaban J connectivity index is -0.000000175. The normalized spacial score (nSPS) is 7.58. The van der Waals surface area contributed by atoms with Crippen molar-refractivity contribution in [1.82, 2.24) is 0 Å². The lowest BCUT2D eigenvalue weighted by Gasteiger charge is -2.04. The summed E-state index contributed by atoms with van der Waals surface area (Å²) in [4.78, 5) is 10.4. The van der Waals surface area contributed by atoms with Gasteiger partial charge in [-0.05, 0) is 12.8 Å². The van der Waals surface area contributed by atoms with Crippen LogP contribution in [0.15, 0.2) is 0 Å². The van der Waals surface area contributed by atoms with Gasteiger partial charge in [-0.2, -0.15) is 0 Å². The molecular weight excluding hydrogens is 150 g/mol. The minimum absolute atomic E-state index is 0.0926. The van der Waals surface area contributed by atoms with Crippen LogP contribution in [0.1, 0.15) is 54.4 Å². The standard InChI is InChI=1S/C6H13NO.2C2H6/c1-3-5(4-2)6(7)8;2*1-2/h5H,3-4H2,1-2H3,(H2,7,8);2*1-2H3. The number of primary amides is 1. The van der Waals surface area contributed by atoms with E-state index in [1.807, 2.05) is 41.5 Å². The fraction of sp³-hybridized carbons (Fsp3) is 0.900. The average Bonchev–Trinajstić information content (AvgIpc) is 2.13. The summed E-state index contributed by atoms with van der Waals surface area (Å²) >= 11 is 0. The van der Waals surface area contributed by atoms with E-state index >= 15 is 0 Å². The molecule has 0 aliphatic rings. The van der Waals surface area contributed by atoms with Crippen LogP contribution in [0.5, 0.6) is 0 Å². The molecule has 1 amide bonds. The van der Waals surface area contributed by atoms with E-state index < -0.39 is 0 Å². The second kappa shape index (κ2) is 16.8. The van der Waals surface area contributed by atoms with Gasteiger partial charge in [0.1, 0.15) is 0 Å². The summed E-state index contributed by atoms with van der Waals surface area (Å²) in [5, 5.41) is 0. The molecule has 0 aliphatic heterocycles. The van der Waals surface area contributed by atoms with Gasteiger partial charge in [-0.15, -0.1) is 0 Å². The Hall–Kier alpha value is -0.530. The van der Waals surface area contributed by atoms with Crippen molar-refractivity contribution in [1.29, 1.82) is 0 Å². The van der Waals surface area contributed by atoms with Crippen molar-refractivity contribution < 1.29 is 4.79 Å². The Morgan fingerprint density at radius 3 is 1.33 bits per heavy atom. The lowest BCUT2D eigenvalue weighted by Crippen LogP contribution is -2.21. The highest BCUT2D eigenvalue weighted by Crippen LogP contribution is 2.04. The zero-order valence-corrected chi connectivity index (χ0v) is 9.48. The zero-order chi connectivity index (χ0) is 10.6. The maximum absolute atomic E-state index is 10.4. The van der Waals surface area contributed by atoms with Gasteiger partial charge in [0.05, 0.1) is 0 Å². The molecule has 0 saturated heterocycles. The fourth-order valence-corrected chi connectivity index (χ4v) is 0.691. The minimum atomic E-state index is -0.171. The Kier molecular flexibility index (Phi) is 24.6. The van der Waals surface area contributed by atoms with Gasteiger partial charge in [0.2, 0.25) is 5.91 Å². The number of hydrogen-bond donors (Lipinski definition) is 1. The van der Waals surface area contributed by atoms with Crippen molar-refractivity contribution in [2.24, 2.45) is 11.7 Å². The van der Waals surface area contributed by atoms with Gasteiger partial charge in [-0.3, -0.25) is 4.79 Å². The highest BCUT2D eigenvalue weighted by atomic mass is 16.1. The molecular formula is C10H25NO. The highest BCUT2D eigenvalue weighted by molar-refractivity contribution is 5.76. The minimum Gasteiger partial charge on any atom is -0.369 e. The predicted octanol–water partition coefficient (Wildman–Crippen LogP) is 2.96. The quantitative estimate of drug-likeness (QED) is 0.704.